The molecule has 0 saturated carbocycles. The van der Waals surface area contributed by atoms with E-state index in [2.05, 4.69) is 21.4 Å². The zero-order valence-corrected chi connectivity index (χ0v) is 10.1. The Kier molecular flexibility index (Phi) is 3.15. The van der Waals surface area contributed by atoms with Crippen molar-refractivity contribution in [1.82, 2.24) is 9.97 Å². The fourth-order valence-corrected chi connectivity index (χ4v) is 1.84. The fourth-order valence-electron chi connectivity index (χ4n) is 1.63. The molecular formula is C12H14ClN3. The molecule has 0 fully saturated rings. The zero-order valence-electron chi connectivity index (χ0n) is 9.34. The number of nitrogens with one attached hydrogen (secondary N) is 2. The molecule has 1 aromatic heterocycles. The molecule has 0 spiro atoms. The average Bonchev–Trinajstić information content (AvgIpc) is 2.60. The van der Waals surface area contributed by atoms with E-state index < -0.39 is 0 Å². The maximum Gasteiger partial charge on any atom is 0.200 e. The number of benzene rings is 1. The summed E-state index contributed by atoms with van der Waals surface area (Å²) in [5.74, 6) is 0.800. The average molecular weight is 236 g/mol. The second-order valence-corrected chi connectivity index (χ2v) is 4.15. The third-order valence-electron chi connectivity index (χ3n) is 2.48. The minimum Gasteiger partial charge on any atom is -0.359 e. The number of aryl methyl sites for hydroxylation is 1. The standard InChI is InChI=1S/C12H14ClN3/c1-8-11(16-12(14-2)15-8)7-9-4-3-5-10(13)6-9/h3-6H,7H2,1-2H3,(H2,14,15,16). The quantitative estimate of drug-likeness (QED) is 0.859. The SMILES string of the molecule is CNc1nc(Cc2cccc(Cl)c2)c(C)[nH]1. The second-order valence-electron chi connectivity index (χ2n) is 3.71. The molecule has 3 nitrogen and oxygen atoms in total. The van der Waals surface area contributed by atoms with Crippen LogP contribution in [0.3, 0.4) is 0 Å². The minimum atomic E-state index is 0.763. The van der Waals surface area contributed by atoms with E-state index in [-0.39, 0.29) is 0 Å². The van der Waals surface area contributed by atoms with Gasteiger partial charge in [-0.25, -0.2) is 4.98 Å². The van der Waals surface area contributed by atoms with E-state index in [0.717, 1.165) is 28.8 Å². The van der Waals surface area contributed by atoms with Crippen molar-refractivity contribution >= 4 is 17.5 Å². The number of halogens is 1. The van der Waals surface area contributed by atoms with Crippen LogP contribution in [0.25, 0.3) is 0 Å². The first-order valence-corrected chi connectivity index (χ1v) is 5.54. The highest BCUT2D eigenvalue weighted by molar-refractivity contribution is 6.30. The molecule has 2 aromatic rings. The van der Waals surface area contributed by atoms with Gasteiger partial charge in [0.25, 0.3) is 0 Å². The molecule has 0 radical (unpaired) electrons. The molecule has 16 heavy (non-hydrogen) atoms. The molecular weight excluding hydrogens is 222 g/mol. The lowest BCUT2D eigenvalue weighted by molar-refractivity contribution is 1.08. The highest BCUT2D eigenvalue weighted by Gasteiger charge is 2.06. The third-order valence-corrected chi connectivity index (χ3v) is 2.72. The van der Waals surface area contributed by atoms with Crippen LogP contribution in [0.1, 0.15) is 17.0 Å². The molecule has 2 rings (SSSR count). The summed E-state index contributed by atoms with van der Waals surface area (Å²) < 4.78 is 0. The first kappa shape index (κ1) is 11.0. The Morgan fingerprint density at radius 3 is 2.88 bits per heavy atom. The Bertz CT molecular complexity index is 491. The summed E-state index contributed by atoms with van der Waals surface area (Å²) in [5.41, 5.74) is 3.31. The van der Waals surface area contributed by atoms with Crippen molar-refractivity contribution in [1.29, 1.82) is 0 Å². The van der Waals surface area contributed by atoms with Crippen LogP contribution in [0.15, 0.2) is 24.3 Å². The van der Waals surface area contributed by atoms with Gasteiger partial charge in [-0.2, -0.15) is 0 Å². The van der Waals surface area contributed by atoms with Crippen LogP contribution in [0.5, 0.6) is 0 Å². The summed E-state index contributed by atoms with van der Waals surface area (Å²) in [6.45, 7) is 2.02. The summed E-state index contributed by atoms with van der Waals surface area (Å²) in [4.78, 5) is 7.62. The Morgan fingerprint density at radius 1 is 1.44 bits per heavy atom. The molecule has 1 aromatic carbocycles. The Morgan fingerprint density at radius 2 is 2.25 bits per heavy atom. The van der Waals surface area contributed by atoms with Gasteiger partial charge in [-0.15, -0.1) is 0 Å². The summed E-state index contributed by atoms with van der Waals surface area (Å²) in [7, 11) is 1.85. The van der Waals surface area contributed by atoms with Gasteiger partial charge >= 0.3 is 0 Å². The number of hydrogen-bond acceptors (Lipinski definition) is 2. The molecule has 4 heteroatoms. The lowest BCUT2D eigenvalue weighted by atomic mass is 10.1. The van der Waals surface area contributed by atoms with E-state index in [9.17, 15) is 0 Å². The molecule has 1 heterocycles. The van der Waals surface area contributed by atoms with Gasteiger partial charge in [-0.1, -0.05) is 23.7 Å². The van der Waals surface area contributed by atoms with Gasteiger partial charge in [-0.3, -0.25) is 0 Å². The largest absolute Gasteiger partial charge is 0.359 e. The van der Waals surface area contributed by atoms with Crippen LogP contribution in [-0.4, -0.2) is 17.0 Å². The summed E-state index contributed by atoms with van der Waals surface area (Å²) in [6.07, 6.45) is 0.796. The van der Waals surface area contributed by atoms with Gasteiger partial charge in [0, 0.05) is 24.2 Å². The van der Waals surface area contributed by atoms with Crippen LogP contribution in [-0.2, 0) is 6.42 Å². The zero-order chi connectivity index (χ0) is 11.5. The number of aromatic amines is 1. The fraction of sp³-hybridized carbons (Fsp3) is 0.250. The smallest absolute Gasteiger partial charge is 0.200 e. The molecule has 0 aliphatic heterocycles. The van der Waals surface area contributed by atoms with Crippen LogP contribution < -0.4 is 5.32 Å². The van der Waals surface area contributed by atoms with Crippen molar-refractivity contribution in [3.63, 3.8) is 0 Å². The lowest BCUT2D eigenvalue weighted by Crippen LogP contribution is -1.92. The van der Waals surface area contributed by atoms with Crippen LogP contribution in [0.2, 0.25) is 5.02 Å². The topological polar surface area (TPSA) is 40.7 Å². The van der Waals surface area contributed by atoms with Gasteiger partial charge in [0.1, 0.15) is 0 Å². The van der Waals surface area contributed by atoms with Crippen molar-refractivity contribution in [2.45, 2.75) is 13.3 Å². The van der Waals surface area contributed by atoms with Gasteiger partial charge in [0.2, 0.25) is 0 Å². The van der Waals surface area contributed by atoms with Gasteiger partial charge in [-0.05, 0) is 24.6 Å². The number of hydrogen-bond donors (Lipinski definition) is 2. The minimum absolute atomic E-state index is 0.763. The van der Waals surface area contributed by atoms with E-state index in [1.165, 1.54) is 5.56 Å². The first-order chi connectivity index (χ1) is 7.69. The molecule has 2 N–H and O–H groups in total. The molecule has 0 bridgehead atoms. The van der Waals surface area contributed by atoms with Crippen LogP contribution in [0, 0.1) is 6.92 Å². The molecule has 0 aliphatic rings. The second kappa shape index (κ2) is 4.58. The molecule has 0 unspecified atom stereocenters. The van der Waals surface area contributed by atoms with Crippen molar-refractivity contribution in [3.05, 3.63) is 46.2 Å². The highest BCUT2D eigenvalue weighted by atomic mass is 35.5. The highest BCUT2D eigenvalue weighted by Crippen LogP contribution is 2.16. The summed E-state index contributed by atoms with van der Waals surface area (Å²) >= 11 is 5.94. The van der Waals surface area contributed by atoms with E-state index in [4.69, 9.17) is 11.6 Å². The lowest BCUT2D eigenvalue weighted by Gasteiger charge is -1.99. The third kappa shape index (κ3) is 2.36. The predicted molar refractivity (Wildman–Crippen MR) is 67.1 cm³/mol. The molecule has 84 valence electrons. The van der Waals surface area contributed by atoms with Crippen molar-refractivity contribution in [2.24, 2.45) is 0 Å². The summed E-state index contributed by atoms with van der Waals surface area (Å²) in [6, 6.07) is 7.86. The Hall–Kier alpha value is -1.48. The number of nitrogens with zero attached hydrogens (tertiary/aromatic N) is 1. The number of H-pyrrole nitrogens is 1. The van der Waals surface area contributed by atoms with Gasteiger partial charge in [0.05, 0.1) is 5.69 Å². The number of imidazole rings is 1. The molecule has 0 amide bonds. The molecule has 0 atom stereocenters. The van der Waals surface area contributed by atoms with Gasteiger partial charge < -0.3 is 10.3 Å². The maximum atomic E-state index is 5.94. The number of anilines is 1. The molecule has 0 aliphatic carbocycles. The van der Waals surface area contributed by atoms with Gasteiger partial charge in [0.15, 0.2) is 5.95 Å². The van der Waals surface area contributed by atoms with E-state index in [1.54, 1.807) is 0 Å². The Balaban J connectivity index is 2.23. The van der Waals surface area contributed by atoms with E-state index in [1.807, 2.05) is 32.2 Å². The summed E-state index contributed by atoms with van der Waals surface area (Å²) in [5, 5.41) is 3.76. The van der Waals surface area contributed by atoms with E-state index >= 15 is 0 Å². The number of rotatable bonds is 3. The van der Waals surface area contributed by atoms with Crippen molar-refractivity contribution < 1.29 is 0 Å². The molecule has 0 saturated heterocycles. The van der Waals surface area contributed by atoms with Crippen LogP contribution >= 0.6 is 11.6 Å². The van der Waals surface area contributed by atoms with Crippen molar-refractivity contribution in [3.8, 4) is 0 Å². The van der Waals surface area contributed by atoms with E-state index in [0.29, 0.717) is 0 Å². The predicted octanol–water partition coefficient (Wildman–Crippen LogP) is 3.00. The monoisotopic (exact) mass is 235 g/mol. The van der Waals surface area contributed by atoms with Crippen LogP contribution in [0.4, 0.5) is 5.95 Å². The van der Waals surface area contributed by atoms with Crippen molar-refractivity contribution in [2.75, 3.05) is 12.4 Å². The normalized spacial score (nSPS) is 10.4. The Labute approximate surface area is 99.9 Å². The maximum absolute atomic E-state index is 5.94. The number of aromatic nitrogens is 2. The first-order valence-electron chi connectivity index (χ1n) is 5.16.